The van der Waals surface area contributed by atoms with Crippen molar-refractivity contribution in [2.75, 3.05) is 0 Å². The largest absolute Gasteiger partial charge is 0.320 e. The third kappa shape index (κ3) is 1.78. The van der Waals surface area contributed by atoms with Crippen molar-refractivity contribution < 1.29 is 0 Å². The molecule has 0 aliphatic carbocycles. The molecule has 0 saturated heterocycles. The Balaban J connectivity index is 2.96. The molecule has 2 nitrogen and oxygen atoms in total. The first-order valence-corrected chi connectivity index (χ1v) is 4.52. The lowest BCUT2D eigenvalue weighted by Crippen LogP contribution is -2.28. The Labute approximate surface area is 72.6 Å². The van der Waals surface area contributed by atoms with Gasteiger partial charge in [-0.05, 0) is 29.8 Å². The van der Waals surface area contributed by atoms with Crippen molar-refractivity contribution in [2.24, 2.45) is 5.73 Å². The quantitative estimate of drug-likeness (QED) is 0.788. The maximum Gasteiger partial charge on any atom is 0.113 e. The molecule has 0 amide bonds. The average molecular weight is 221 g/mol. The molecule has 0 aromatic carbocycles. The molecule has 1 rings (SSSR count). The van der Waals surface area contributed by atoms with Crippen LogP contribution in [0, 0.1) is 0 Å². The summed E-state index contributed by atoms with van der Waals surface area (Å²) in [5, 5.41) is 0.958. The van der Waals surface area contributed by atoms with Crippen molar-refractivity contribution in [3.63, 3.8) is 0 Å². The molecule has 0 spiro atoms. The van der Waals surface area contributed by atoms with Crippen LogP contribution in [0.15, 0.2) is 9.98 Å². The lowest BCUT2D eigenvalue weighted by atomic mass is 10.1. The summed E-state index contributed by atoms with van der Waals surface area (Å²) in [6, 6.07) is 0. The van der Waals surface area contributed by atoms with Crippen molar-refractivity contribution in [1.29, 1.82) is 0 Å². The summed E-state index contributed by atoms with van der Waals surface area (Å²) in [5.74, 6) is 0. The van der Waals surface area contributed by atoms with Crippen LogP contribution in [0.5, 0.6) is 0 Å². The Bertz CT molecular complexity index is 226. The summed E-state index contributed by atoms with van der Waals surface area (Å²) >= 11 is 4.90. The third-order valence-corrected chi connectivity index (χ3v) is 2.84. The molecule has 0 radical (unpaired) electrons. The van der Waals surface area contributed by atoms with Crippen molar-refractivity contribution >= 4 is 27.3 Å². The molecule has 0 fully saturated rings. The molecule has 56 valence electrons. The van der Waals surface area contributed by atoms with Crippen molar-refractivity contribution in [1.82, 2.24) is 4.98 Å². The van der Waals surface area contributed by atoms with Gasteiger partial charge in [0.15, 0.2) is 0 Å². The molecule has 0 atom stereocenters. The van der Waals surface area contributed by atoms with Crippen LogP contribution in [0.1, 0.15) is 18.9 Å². The SMILES string of the molecule is CC(C)(N)c1ncc(Br)s1. The minimum atomic E-state index is -0.309. The van der Waals surface area contributed by atoms with Crippen LogP contribution in [0.2, 0.25) is 0 Å². The second-order valence-electron chi connectivity index (χ2n) is 2.69. The fourth-order valence-corrected chi connectivity index (χ4v) is 1.77. The molecule has 0 saturated carbocycles. The van der Waals surface area contributed by atoms with Gasteiger partial charge in [-0.1, -0.05) is 0 Å². The number of hydrogen-bond donors (Lipinski definition) is 1. The highest BCUT2D eigenvalue weighted by molar-refractivity contribution is 9.11. The van der Waals surface area contributed by atoms with Crippen LogP contribution < -0.4 is 5.73 Å². The van der Waals surface area contributed by atoms with Gasteiger partial charge >= 0.3 is 0 Å². The van der Waals surface area contributed by atoms with E-state index in [0.29, 0.717) is 0 Å². The van der Waals surface area contributed by atoms with E-state index in [0.717, 1.165) is 8.79 Å². The maximum absolute atomic E-state index is 5.80. The molecule has 0 aliphatic rings. The van der Waals surface area contributed by atoms with Gasteiger partial charge in [-0.3, -0.25) is 0 Å². The predicted octanol–water partition coefficient (Wildman–Crippen LogP) is 2.10. The highest BCUT2D eigenvalue weighted by Crippen LogP contribution is 2.25. The topological polar surface area (TPSA) is 38.9 Å². The first-order chi connectivity index (χ1) is 4.50. The molecular weight excluding hydrogens is 212 g/mol. The van der Waals surface area contributed by atoms with Crippen molar-refractivity contribution in [3.05, 3.63) is 15.0 Å². The van der Waals surface area contributed by atoms with Crippen molar-refractivity contribution in [2.45, 2.75) is 19.4 Å². The molecule has 4 heteroatoms. The zero-order chi connectivity index (χ0) is 7.78. The van der Waals surface area contributed by atoms with Gasteiger partial charge in [0, 0.05) is 0 Å². The molecule has 1 aromatic heterocycles. The Morgan fingerprint density at radius 1 is 1.70 bits per heavy atom. The van der Waals surface area contributed by atoms with Crippen LogP contribution in [-0.4, -0.2) is 4.98 Å². The number of nitrogens with zero attached hydrogens (tertiary/aromatic N) is 1. The van der Waals surface area contributed by atoms with Gasteiger partial charge < -0.3 is 5.73 Å². The van der Waals surface area contributed by atoms with E-state index in [-0.39, 0.29) is 5.54 Å². The van der Waals surface area contributed by atoms with E-state index >= 15 is 0 Å². The van der Waals surface area contributed by atoms with Gasteiger partial charge in [-0.2, -0.15) is 0 Å². The minimum absolute atomic E-state index is 0.309. The van der Waals surface area contributed by atoms with E-state index in [4.69, 9.17) is 5.73 Å². The van der Waals surface area contributed by atoms with E-state index in [2.05, 4.69) is 20.9 Å². The maximum atomic E-state index is 5.80. The lowest BCUT2D eigenvalue weighted by Gasteiger charge is -2.13. The first-order valence-electron chi connectivity index (χ1n) is 2.91. The normalized spacial score (nSPS) is 12.0. The fourth-order valence-electron chi connectivity index (χ4n) is 0.552. The number of halogens is 1. The number of aromatic nitrogens is 1. The molecular formula is C6H9BrN2S. The Kier molecular flexibility index (Phi) is 2.12. The van der Waals surface area contributed by atoms with E-state index in [9.17, 15) is 0 Å². The summed E-state index contributed by atoms with van der Waals surface area (Å²) in [4.78, 5) is 4.13. The van der Waals surface area contributed by atoms with Gasteiger partial charge in [-0.15, -0.1) is 11.3 Å². The highest BCUT2D eigenvalue weighted by Gasteiger charge is 2.17. The van der Waals surface area contributed by atoms with E-state index in [1.54, 1.807) is 17.5 Å². The van der Waals surface area contributed by atoms with Crippen LogP contribution in [0.3, 0.4) is 0 Å². The first kappa shape index (κ1) is 8.17. The van der Waals surface area contributed by atoms with E-state index < -0.39 is 0 Å². The van der Waals surface area contributed by atoms with E-state index in [1.165, 1.54) is 0 Å². The predicted molar refractivity (Wildman–Crippen MR) is 47.0 cm³/mol. The Morgan fingerprint density at radius 3 is 2.50 bits per heavy atom. The van der Waals surface area contributed by atoms with Crippen LogP contribution in [0.25, 0.3) is 0 Å². The Morgan fingerprint density at radius 2 is 2.30 bits per heavy atom. The van der Waals surface area contributed by atoms with Crippen LogP contribution in [0.4, 0.5) is 0 Å². The second-order valence-corrected chi connectivity index (χ2v) is 5.10. The zero-order valence-corrected chi connectivity index (χ0v) is 8.29. The smallest absolute Gasteiger partial charge is 0.113 e. The van der Waals surface area contributed by atoms with Crippen molar-refractivity contribution in [3.8, 4) is 0 Å². The molecule has 10 heavy (non-hydrogen) atoms. The molecule has 0 unspecified atom stereocenters. The van der Waals surface area contributed by atoms with Gasteiger partial charge in [0.25, 0.3) is 0 Å². The molecule has 1 heterocycles. The number of rotatable bonds is 1. The molecule has 1 aromatic rings. The summed E-state index contributed by atoms with van der Waals surface area (Å²) in [5.41, 5.74) is 5.49. The Hall–Kier alpha value is 0.0700. The van der Waals surface area contributed by atoms with Gasteiger partial charge in [-0.25, -0.2) is 4.98 Å². The van der Waals surface area contributed by atoms with Gasteiger partial charge in [0.1, 0.15) is 5.01 Å². The van der Waals surface area contributed by atoms with Gasteiger partial charge in [0.05, 0.1) is 15.5 Å². The number of hydrogen-bond acceptors (Lipinski definition) is 3. The summed E-state index contributed by atoms with van der Waals surface area (Å²) in [7, 11) is 0. The standard InChI is InChI=1S/C6H9BrN2S/c1-6(2,8)5-9-3-4(7)10-5/h3H,8H2,1-2H3. The van der Waals surface area contributed by atoms with Crippen LogP contribution >= 0.6 is 27.3 Å². The van der Waals surface area contributed by atoms with E-state index in [1.807, 2.05) is 13.8 Å². The molecule has 0 bridgehead atoms. The third-order valence-electron chi connectivity index (χ3n) is 1.03. The van der Waals surface area contributed by atoms with Crippen LogP contribution in [-0.2, 0) is 5.54 Å². The average Bonchev–Trinajstić information content (AvgIpc) is 2.11. The van der Waals surface area contributed by atoms with Gasteiger partial charge in [0.2, 0.25) is 0 Å². The lowest BCUT2D eigenvalue weighted by molar-refractivity contribution is 0.550. The summed E-state index contributed by atoms with van der Waals surface area (Å²) < 4.78 is 1.03. The summed E-state index contributed by atoms with van der Waals surface area (Å²) in [6.45, 7) is 3.89. The highest BCUT2D eigenvalue weighted by atomic mass is 79.9. The zero-order valence-electron chi connectivity index (χ0n) is 5.89. The molecule has 0 aliphatic heterocycles. The number of nitrogens with two attached hydrogens (primary N) is 1. The summed E-state index contributed by atoms with van der Waals surface area (Å²) in [6.07, 6.45) is 1.77. The molecule has 2 N–H and O–H groups in total. The fraction of sp³-hybridized carbons (Fsp3) is 0.500. The minimum Gasteiger partial charge on any atom is -0.320 e. The monoisotopic (exact) mass is 220 g/mol. The number of thiazole rings is 1. The second kappa shape index (κ2) is 2.60.